The lowest BCUT2D eigenvalue weighted by Crippen LogP contribution is -2.00. The SMILES string of the molecule is CCCOc1cccc(NCc2ccc(OC)cc2)c1. The van der Waals surface area contributed by atoms with Gasteiger partial charge in [0.05, 0.1) is 13.7 Å². The Kier molecular flexibility index (Phi) is 5.30. The summed E-state index contributed by atoms with van der Waals surface area (Å²) in [6, 6.07) is 16.1. The molecule has 2 rings (SSSR count). The second-order valence-electron chi connectivity index (χ2n) is 4.58. The van der Waals surface area contributed by atoms with Gasteiger partial charge in [-0.3, -0.25) is 0 Å². The van der Waals surface area contributed by atoms with Crippen LogP contribution in [0.5, 0.6) is 11.5 Å². The summed E-state index contributed by atoms with van der Waals surface area (Å²) in [5.74, 6) is 1.79. The van der Waals surface area contributed by atoms with E-state index in [2.05, 4.69) is 24.4 Å². The first-order valence-corrected chi connectivity index (χ1v) is 6.91. The lowest BCUT2D eigenvalue weighted by molar-refractivity contribution is 0.317. The van der Waals surface area contributed by atoms with Crippen molar-refractivity contribution in [2.24, 2.45) is 0 Å². The lowest BCUT2D eigenvalue weighted by atomic mass is 10.2. The summed E-state index contributed by atoms with van der Waals surface area (Å²) >= 11 is 0. The Morgan fingerprint density at radius 1 is 1.00 bits per heavy atom. The topological polar surface area (TPSA) is 30.5 Å². The van der Waals surface area contributed by atoms with Gasteiger partial charge in [-0.05, 0) is 36.2 Å². The van der Waals surface area contributed by atoms with Crippen molar-refractivity contribution in [2.75, 3.05) is 19.0 Å². The first kappa shape index (κ1) is 14.3. The Labute approximate surface area is 120 Å². The maximum Gasteiger partial charge on any atom is 0.121 e. The van der Waals surface area contributed by atoms with Crippen molar-refractivity contribution in [1.82, 2.24) is 0 Å². The van der Waals surface area contributed by atoms with Gasteiger partial charge in [-0.15, -0.1) is 0 Å². The molecule has 0 bridgehead atoms. The first-order chi connectivity index (χ1) is 9.81. The molecule has 2 aromatic carbocycles. The molecule has 3 nitrogen and oxygen atoms in total. The molecule has 3 heteroatoms. The van der Waals surface area contributed by atoms with Crippen LogP contribution in [0, 0.1) is 0 Å². The number of rotatable bonds is 7. The van der Waals surface area contributed by atoms with Crippen LogP contribution in [0.4, 0.5) is 5.69 Å². The largest absolute Gasteiger partial charge is 0.497 e. The van der Waals surface area contributed by atoms with E-state index in [9.17, 15) is 0 Å². The number of anilines is 1. The predicted molar refractivity (Wildman–Crippen MR) is 82.5 cm³/mol. The molecular formula is C17H21NO2. The van der Waals surface area contributed by atoms with Crippen molar-refractivity contribution < 1.29 is 9.47 Å². The van der Waals surface area contributed by atoms with Crippen molar-refractivity contribution in [1.29, 1.82) is 0 Å². The van der Waals surface area contributed by atoms with Crippen LogP contribution in [0.15, 0.2) is 48.5 Å². The molecule has 0 spiro atoms. The summed E-state index contributed by atoms with van der Waals surface area (Å²) in [6.45, 7) is 3.63. The average Bonchev–Trinajstić information content (AvgIpc) is 2.52. The van der Waals surface area contributed by atoms with Gasteiger partial charge in [0.15, 0.2) is 0 Å². The number of benzene rings is 2. The molecule has 0 amide bonds. The molecule has 0 saturated heterocycles. The maximum atomic E-state index is 5.62. The van der Waals surface area contributed by atoms with Crippen LogP contribution in [-0.4, -0.2) is 13.7 Å². The van der Waals surface area contributed by atoms with E-state index in [0.29, 0.717) is 0 Å². The van der Waals surface area contributed by atoms with Gasteiger partial charge in [0.1, 0.15) is 11.5 Å². The van der Waals surface area contributed by atoms with E-state index in [-0.39, 0.29) is 0 Å². The zero-order valence-corrected chi connectivity index (χ0v) is 12.1. The van der Waals surface area contributed by atoms with E-state index in [4.69, 9.17) is 9.47 Å². The fraction of sp³-hybridized carbons (Fsp3) is 0.294. The Morgan fingerprint density at radius 3 is 2.50 bits per heavy atom. The van der Waals surface area contributed by atoms with Crippen LogP contribution in [0.3, 0.4) is 0 Å². The minimum Gasteiger partial charge on any atom is -0.497 e. The van der Waals surface area contributed by atoms with E-state index in [1.54, 1.807) is 7.11 Å². The second kappa shape index (κ2) is 7.43. The predicted octanol–water partition coefficient (Wildman–Crippen LogP) is 4.10. The molecule has 20 heavy (non-hydrogen) atoms. The molecule has 0 radical (unpaired) electrons. The Balaban J connectivity index is 1.92. The molecule has 0 aromatic heterocycles. The molecule has 0 aliphatic heterocycles. The highest BCUT2D eigenvalue weighted by Gasteiger charge is 1.98. The van der Waals surface area contributed by atoms with E-state index in [1.165, 1.54) is 5.56 Å². The molecule has 0 unspecified atom stereocenters. The summed E-state index contributed by atoms with van der Waals surface area (Å²) in [4.78, 5) is 0. The van der Waals surface area contributed by atoms with Gasteiger partial charge in [-0.2, -0.15) is 0 Å². The van der Waals surface area contributed by atoms with Crippen molar-refractivity contribution in [3.8, 4) is 11.5 Å². The highest BCUT2D eigenvalue weighted by Crippen LogP contribution is 2.19. The third kappa shape index (κ3) is 4.19. The maximum absolute atomic E-state index is 5.62. The summed E-state index contributed by atoms with van der Waals surface area (Å²) in [5, 5.41) is 3.39. The van der Waals surface area contributed by atoms with Crippen LogP contribution in [0.25, 0.3) is 0 Å². The first-order valence-electron chi connectivity index (χ1n) is 6.91. The fourth-order valence-corrected chi connectivity index (χ4v) is 1.86. The molecule has 1 N–H and O–H groups in total. The van der Waals surface area contributed by atoms with Crippen LogP contribution in [-0.2, 0) is 6.54 Å². The van der Waals surface area contributed by atoms with Gasteiger partial charge in [-0.1, -0.05) is 25.1 Å². The third-order valence-electron chi connectivity index (χ3n) is 2.96. The number of methoxy groups -OCH3 is 1. The van der Waals surface area contributed by atoms with Gasteiger partial charge < -0.3 is 14.8 Å². The van der Waals surface area contributed by atoms with Crippen molar-refractivity contribution in [3.05, 3.63) is 54.1 Å². The van der Waals surface area contributed by atoms with Crippen molar-refractivity contribution in [2.45, 2.75) is 19.9 Å². The second-order valence-corrected chi connectivity index (χ2v) is 4.58. The van der Waals surface area contributed by atoms with E-state index < -0.39 is 0 Å². The normalized spacial score (nSPS) is 10.1. The molecule has 0 aliphatic rings. The van der Waals surface area contributed by atoms with Gasteiger partial charge >= 0.3 is 0 Å². The van der Waals surface area contributed by atoms with E-state index in [1.807, 2.05) is 36.4 Å². The molecule has 0 atom stereocenters. The summed E-state index contributed by atoms with van der Waals surface area (Å²) < 4.78 is 10.8. The van der Waals surface area contributed by atoms with Gasteiger partial charge in [-0.25, -0.2) is 0 Å². The molecule has 0 saturated carbocycles. The Morgan fingerprint density at radius 2 is 1.80 bits per heavy atom. The van der Waals surface area contributed by atoms with Crippen LogP contribution < -0.4 is 14.8 Å². The quantitative estimate of drug-likeness (QED) is 0.822. The van der Waals surface area contributed by atoms with Gasteiger partial charge in [0, 0.05) is 18.3 Å². The molecule has 0 heterocycles. The molecule has 2 aromatic rings. The summed E-state index contributed by atoms with van der Waals surface area (Å²) in [7, 11) is 1.68. The standard InChI is InChI=1S/C17H21NO2/c1-3-11-20-17-6-4-5-15(12-17)18-13-14-7-9-16(19-2)10-8-14/h4-10,12,18H,3,11,13H2,1-2H3. The molecule has 106 valence electrons. The minimum atomic E-state index is 0.752. The lowest BCUT2D eigenvalue weighted by Gasteiger charge is -2.10. The van der Waals surface area contributed by atoms with Crippen molar-refractivity contribution in [3.63, 3.8) is 0 Å². The molecular weight excluding hydrogens is 250 g/mol. The van der Waals surface area contributed by atoms with Gasteiger partial charge in [0.25, 0.3) is 0 Å². The molecule has 0 aliphatic carbocycles. The Bertz CT molecular complexity index is 523. The van der Waals surface area contributed by atoms with E-state index in [0.717, 1.165) is 36.8 Å². The monoisotopic (exact) mass is 271 g/mol. The van der Waals surface area contributed by atoms with E-state index >= 15 is 0 Å². The minimum absolute atomic E-state index is 0.752. The van der Waals surface area contributed by atoms with Crippen LogP contribution in [0.2, 0.25) is 0 Å². The van der Waals surface area contributed by atoms with Crippen LogP contribution >= 0.6 is 0 Å². The van der Waals surface area contributed by atoms with Crippen LogP contribution in [0.1, 0.15) is 18.9 Å². The highest BCUT2D eigenvalue weighted by atomic mass is 16.5. The zero-order valence-electron chi connectivity index (χ0n) is 12.1. The summed E-state index contributed by atoms with van der Waals surface area (Å²) in [5.41, 5.74) is 2.28. The fourth-order valence-electron chi connectivity index (χ4n) is 1.86. The number of hydrogen-bond acceptors (Lipinski definition) is 3. The smallest absolute Gasteiger partial charge is 0.121 e. The Hall–Kier alpha value is -2.16. The number of nitrogens with one attached hydrogen (secondary N) is 1. The molecule has 0 fully saturated rings. The number of hydrogen-bond donors (Lipinski definition) is 1. The number of ether oxygens (including phenoxy) is 2. The van der Waals surface area contributed by atoms with Crippen molar-refractivity contribution >= 4 is 5.69 Å². The zero-order chi connectivity index (χ0) is 14.2. The van der Waals surface area contributed by atoms with Gasteiger partial charge in [0.2, 0.25) is 0 Å². The average molecular weight is 271 g/mol. The third-order valence-corrected chi connectivity index (χ3v) is 2.96. The highest BCUT2D eigenvalue weighted by molar-refractivity contribution is 5.48. The summed E-state index contributed by atoms with van der Waals surface area (Å²) in [6.07, 6.45) is 1.02.